The number of hydrogen-bond acceptors (Lipinski definition) is 6. The Balaban J connectivity index is 1.62. The number of fused-ring (bicyclic) bond motifs is 1. The van der Waals surface area contributed by atoms with Crippen molar-refractivity contribution in [2.75, 3.05) is 6.61 Å². The van der Waals surface area contributed by atoms with E-state index in [0.29, 0.717) is 38.0 Å². The smallest absolute Gasteiger partial charge is 0.338 e. The molecule has 0 aliphatic carbocycles. The van der Waals surface area contributed by atoms with Crippen LogP contribution in [-0.4, -0.2) is 17.1 Å². The Labute approximate surface area is 232 Å². The zero-order chi connectivity index (χ0) is 27.0. The number of nitrogens with zero attached hydrogens (tertiary/aromatic N) is 2. The van der Waals surface area contributed by atoms with Gasteiger partial charge in [-0.1, -0.05) is 77.5 Å². The van der Waals surface area contributed by atoms with E-state index in [4.69, 9.17) is 9.15 Å². The van der Waals surface area contributed by atoms with Crippen LogP contribution in [0.4, 0.5) is 0 Å². The fourth-order valence-corrected chi connectivity index (χ4v) is 5.79. The quantitative estimate of drug-likeness (QED) is 0.260. The number of furan rings is 1. The second-order valence-electron chi connectivity index (χ2n) is 9.33. The number of halogens is 1. The molecule has 0 spiro atoms. The molecule has 1 aliphatic rings. The van der Waals surface area contributed by atoms with E-state index in [2.05, 4.69) is 34.8 Å². The molecular formula is C30H27BrN2O4S. The van der Waals surface area contributed by atoms with Crippen LogP contribution in [0.25, 0.3) is 17.4 Å². The van der Waals surface area contributed by atoms with Gasteiger partial charge in [0.1, 0.15) is 11.5 Å². The van der Waals surface area contributed by atoms with E-state index in [1.165, 1.54) is 16.9 Å². The first-order valence-electron chi connectivity index (χ1n) is 12.4. The maximum Gasteiger partial charge on any atom is 0.338 e. The Hall–Kier alpha value is -3.49. The predicted octanol–water partition coefficient (Wildman–Crippen LogP) is 5.94. The van der Waals surface area contributed by atoms with Crippen molar-refractivity contribution in [3.63, 3.8) is 0 Å². The summed E-state index contributed by atoms with van der Waals surface area (Å²) in [5, 5.41) is 0. The van der Waals surface area contributed by atoms with Crippen molar-refractivity contribution in [2.45, 2.75) is 39.7 Å². The Morgan fingerprint density at radius 3 is 2.50 bits per heavy atom. The fourth-order valence-electron chi connectivity index (χ4n) is 4.50. The topological polar surface area (TPSA) is 73.8 Å². The van der Waals surface area contributed by atoms with E-state index < -0.39 is 12.0 Å². The monoisotopic (exact) mass is 590 g/mol. The van der Waals surface area contributed by atoms with E-state index in [1.54, 1.807) is 24.5 Å². The molecule has 1 unspecified atom stereocenters. The van der Waals surface area contributed by atoms with Gasteiger partial charge in [0.25, 0.3) is 5.56 Å². The zero-order valence-corrected chi connectivity index (χ0v) is 23.9. The Bertz CT molecular complexity index is 1710. The number of esters is 1. The molecule has 0 saturated heterocycles. The highest BCUT2D eigenvalue weighted by atomic mass is 79.9. The van der Waals surface area contributed by atoms with Crippen LogP contribution in [0.1, 0.15) is 56.5 Å². The van der Waals surface area contributed by atoms with Gasteiger partial charge in [0.05, 0.1) is 28.5 Å². The van der Waals surface area contributed by atoms with Gasteiger partial charge in [-0.25, -0.2) is 9.79 Å². The fraction of sp³-hybridized carbons (Fsp3) is 0.233. The molecule has 5 rings (SSSR count). The van der Waals surface area contributed by atoms with Crippen LogP contribution in [0.3, 0.4) is 0 Å². The van der Waals surface area contributed by atoms with E-state index in [1.807, 2.05) is 60.7 Å². The molecule has 2 aromatic heterocycles. The van der Waals surface area contributed by atoms with Crippen molar-refractivity contribution in [2.24, 2.45) is 4.99 Å². The molecule has 8 heteroatoms. The van der Waals surface area contributed by atoms with E-state index >= 15 is 0 Å². The molecule has 1 atom stereocenters. The van der Waals surface area contributed by atoms with Crippen LogP contribution < -0.4 is 14.9 Å². The molecule has 6 nitrogen and oxygen atoms in total. The minimum Gasteiger partial charge on any atom is -0.463 e. The Kier molecular flexibility index (Phi) is 7.36. The van der Waals surface area contributed by atoms with Crippen molar-refractivity contribution < 1.29 is 13.9 Å². The third kappa shape index (κ3) is 4.98. The minimum atomic E-state index is -0.636. The largest absolute Gasteiger partial charge is 0.463 e. The summed E-state index contributed by atoms with van der Waals surface area (Å²) in [7, 11) is 0. The molecule has 1 aliphatic heterocycles. The number of thiazole rings is 1. The highest BCUT2D eigenvalue weighted by Crippen LogP contribution is 2.31. The molecule has 2 aromatic carbocycles. The summed E-state index contributed by atoms with van der Waals surface area (Å²) in [6, 6.07) is 19.0. The lowest BCUT2D eigenvalue weighted by atomic mass is 9.93. The van der Waals surface area contributed by atoms with Crippen LogP contribution in [0, 0.1) is 0 Å². The van der Waals surface area contributed by atoms with Gasteiger partial charge in [-0.2, -0.15) is 0 Å². The van der Waals surface area contributed by atoms with Crippen LogP contribution in [0.2, 0.25) is 0 Å². The van der Waals surface area contributed by atoms with Crippen LogP contribution in [-0.2, 0) is 9.53 Å². The number of allylic oxidation sites excluding steroid dienone is 1. The van der Waals surface area contributed by atoms with E-state index in [-0.39, 0.29) is 12.2 Å². The van der Waals surface area contributed by atoms with Crippen LogP contribution in [0.15, 0.2) is 90.6 Å². The van der Waals surface area contributed by atoms with Crippen LogP contribution in [0.5, 0.6) is 0 Å². The molecule has 0 bridgehead atoms. The maximum absolute atomic E-state index is 13.8. The first-order valence-corrected chi connectivity index (χ1v) is 14.0. The summed E-state index contributed by atoms with van der Waals surface area (Å²) in [5.41, 5.74) is 3.63. The van der Waals surface area contributed by atoms with Gasteiger partial charge in [-0.05, 0) is 55.2 Å². The van der Waals surface area contributed by atoms with E-state index in [9.17, 15) is 9.59 Å². The van der Waals surface area contributed by atoms with Gasteiger partial charge >= 0.3 is 5.97 Å². The number of aromatic nitrogens is 1. The SMILES string of the molecule is CCOC(=O)C1=C(C)N=c2sc(=Cc3ccc(-c4ccc(Br)cc4)o3)c(=O)n2C1c1ccc(C(C)C)cc1. The van der Waals surface area contributed by atoms with Crippen molar-refractivity contribution >= 4 is 39.3 Å². The molecular weight excluding hydrogens is 564 g/mol. The van der Waals surface area contributed by atoms with Crippen LogP contribution >= 0.6 is 27.3 Å². The highest BCUT2D eigenvalue weighted by Gasteiger charge is 2.33. The average molecular weight is 592 g/mol. The van der Waals surface area contributed by atoms with Gasteiger partial charge < -0.3 is 9.15 Å². The molecule has 38 heavy (non-hydrogen) atoms. The second kappa shape index (κ2) is 10.7. The molecule has 0 saturated carbocycles. The second-order valence-corrected chi connectivity index (χ2v) is 11.3. The summed E-state index contributed by atoms with van der Waals surface area (Å²) in [6.07, 6.45) is 1.73. The maximum atomic E-state index is 13.8. The first-order chi connectivity index (χ1) is 18.3. The highest BCUT2D eigenvalue weighted by molar-refractivity contribution is 9.10. The molecule has 0 amide bonds. The third-order valence-corrected chi connectivity index (χ3v) is 7.98. The lowest BCUT2D eigenvalue weighted by Crippen LogP contribution is -2.39. The number of hydrogen-bond donors (Lipinski definition) is 0. The number of ether oxygens (including phenoxy) is 1. The molecule has 194 valence electrons. The predicted molar refractivity (Wildman–Crippen MR) is 153 cm³/mol. The van der Waals surface area contributed by atoms with Crippen molar-refractivity contribution in [3.8, 4) is 11.3 Å². The zero-order valence-electron chi connectivity index (χ0n) is 21.5. The number of benzene rings is 2. The van der Waals surface area contributed by atoms with Crippen molar-refractivity contribution in [3.05, 3.63) is 113 Å². The summed E-state index contributed by atoms with van der Waals surface area (Å²) in [6.45, 7) is 8.04. The normalized spacial score (nSPS) is 15.5. The average Bonchev–Trinajstić information content (AvgIpc) is 3.48. The molecule has 0 N–H and O–H groups in total. The summed E-state index contributed by atoms with van der Waals surface area (Å²) < 4.78 is 14.5. The van der Waals surface area contributed by atoms with E-state index in [0.717, 1.165) is 15.6 Å². The number of carbonyl (C=O) groups excluding carboxylic acids is 1. The summed E-state index contributed by atoms with van der Waals surface area (Å²) >= 11 is 4.72. The standard InChI is InChI=1S/C30H27BrN2O4S/c1-5-36-29(35)26-18(4)32-30-33(27(26)21-8-6-19(7-9-21)17(2)3)28(34)25(38-30)16-23-14-15-24(37-23)20-10-12-22(31)13-11-20/h6-17,27H,5H2,1-4H3. The third-order valence-electron chi connectivity index (χ3n) is 6.46. The number of rotatable bonds is 6. The first kappa shape index (κ1) is 26.1. The summed E-state index contributed by atoms with van der Waals surface area (Å²) in [5.74, 6) is 1.17. The Morgan fingerprint density at radius 1 is 1.13 bits per heavy atom. The molecule has 0 radical (unpaired) electrons. The molecule has 3 heterocycles. The van der Waals surface area contributed by atoms with Gasteiger partial charge in [0.15, 0.2) is 4.80 Å². The van der Waals surface area contributed by atoms with Gasteiger partial charge in [0.2, 0.25) is 0 Å². The molecule has 0 fully saturated rings. The van der Waals surface area contributed by atoms with Gasteiger partial charge in [0, 0.05) is 16.1 Å². The summed E-state index contributed by atoms with van der Waals surface area (Å²) in [4.78, 5) is 32.0. The minimum absolute atomic E-state index is 0.234. The van der Waals surface area contributed by atoms with Crippen molar-refractivity contribution in [1.29, 1.82) is 0 Å². The van der Waals surface area contributed by atoms with Gasteiger partial charge in [-0.3, -0.25) is 9.36 Å². The lowest BCUT2D eigenvalue weighted by Gasteiger charge is -2.25. The van der Waals surface area contributed by atoms with Crippen molar-refractivity contribution in [1.82, 2.24) is 4.57 Å². The molecule has 4 aromatic rings. The Morgan fingerprint density at radius 2 is 1.84 bits per heavy atom. The number of carbonyl (C=O) groups is 1. The van der Waals surface area contributed by atoms with Gasteiger partial charge in [-0.15, -0.1) is 0 Å². The lowest BCUT2D eigenvalue weighted by molar-refractivity contribution is -0.139.